The molecule has 0 fully saturated rings. The molecule has 0 aliphatic heterocycles. The summed E-state index contributed by atoms with van der Waals surface area (Å²) in [6, 6.07) is 6.91. The summed E-state index contributed by atoms with van der Waals surface area (Å²) < 4.78 is 5.24. The van der Waals surface area contributed by atoms with Crippen molar-refractivity contribution in [2.45, 2.75) is 13.3 Å². The number of benzene rings is 1. The van der Waals surface area contributed by atoms with Crippen LogP contribution in [0.15, 0.2) is 22.7 Å². The zero-order chi connectivity index (χ0) is 13.5. The summed E-state index contributed by atoms with van der Waals surface area (Å²) in [6.07, 6.45) is -0.375. The van der Waals surface area contributed by atoms with Crippen LogP contribution in [0, 0.1) is 11.3 Å². The van der Waals surface area contributed by atoms with Gasteiger partial charge in [-0.2, -0.15) is 5.26 Å². The molecule has 1 aromatic carbocycles. The van der Waals surface area contributed by atoms with Crippen LogP contribution >= 0.6 is 15.9 Å². The molecule has 1 amide bonds. The summed E-state index contributed by atoms with van der Waals surface area (Å²) >= 11 is 3.23. The van der Waals surface area contributed by atoms with Gasteiger partial charge in [0.2, 0.25) is 5.91 Å². The normalized spacial score (nSPS) is 9.39. The molecular weight excluding hydrogens is 300 g/mol. The molecule has 94 valence electrons. The second-order valence-electron chi connectivity index (χ2n) is 3.30. The molecule has 0 atom stereocenters. The van der Waals surface area contributed by atoms with E-state index in [9.17, 15) is 9.59 Å². The van der Waals surface area contributed by atoms with Crippen LogP contribution < -0.4 is 5.32 Å². The second kappa shape index (κ2) is 6.77. The lowest BCUT2D eigenvalue weighted by molar-refractivity contribution is -0.145. The van der Waals surface area contributed by atoms with Gasteiger partial charge in [0.15, 0.2) is 0 Å². The molecule has 5 nitrogen and oxygen atoms in total. The Hall–Kier alpha value is -1.87. The van der Waals surface area contributed by atoms with E-state index in [0.29, 0.717) is 15.7 Å². The van der Waals surface area contributed by atoms with Crippen molar-refractivity contribution in [3.8, 4) is 6.07 Å². The van der Waals surface area contributed by atoms with E-state index in [1.54, 1.807) is 25.1 Å². The summed E-state index contributed by atoms with van der Waals surface area (Å²) in [5.74, 6) is -1.11. The first-order valence-corrected chi connectivity index (χ1v) is 6.01. The molecule has 0 aliphatic carbocycles. The lowest BCUT2D eigenvalue weighted by atomic mass is 10.2. The van der Waals surface area contributed by atoms with Crippen molar-refractivity contribution in [1.82, 2.24) is 0 Å². The average Bonchev–Trinajstić information content (AvgIpc) is 2.31. The van der Waals surface area contributed by atoms with Crippen LogP contribution in [0.3, 0.4) is 0 Å². The second-order valence-corrected chi connectivity index (χ2v) is 4.16. The Kier molecular flexibility index (Phi) is 5.33. The van der Waals surface area contributed by atoms with E-state index in [2.05, 4.69) is 26.0 Å². The van der Waals surface area contributed by atoms with Gasteiger partial charge in [0.1, 0.15) is 12.5 Å². The van der Waals surface area contributed by atoms with Crippen LogP contribution in [-0.2, 0) is 14.3 Å². The number of carbonyl (C=O) groups is 2. The molecule has 0 bridgehead atoms. The highest BCUT2D eigenvalue weighted by Gasteiger charge is 2.14. The maximum absolute atomic E-state index is 11.6. The third kappa shape index (κ3) is 3.86. The van der Waals surface area contributed by atoms with Gasteiger partial charge in [-0.05, 0) is 35.0 Å². The fourth-order valence-corrected chi connectivity index (χ4v) is 1.74. The molecular formula is C12H11BrN2O3. The number of nitriles is 1. The van der Waals surface area contributed by atoms with E-state index in [4.69, 9.17) is 5.26 Å². The Morgan fingerprint density at radius 2 is 2.22 bits per heavy atom. The summed E-state index contributed by atoms with van der Waals surface area (Å²) in [5, 5.41) is 11.4. The Morgan fingerprint density at radius 1 is 1.50 bits per heavy atom. The number of esters is 1. The number of rotatable bonds is 4. The number of carbonyl (C=O) groups excluding carboxylic acids is 2. The number of amides is 1. The number of hydrogen-bond acceptors (Lipinski definition) is 4. The zero-order valence-electron chi connectivity index (χ0n) is 9.70. The van der Waals surface area contributed by atoms with Crippen molar-refractivity contribution < 1.29 is 14.3 Å². The van der Waals surface area contributed by atoms with E-state index < -0.39 is 11.9 Å². The van der Waals surface area contributed by atoms with E-state index in [0.717, 1.165) is 0 Å². The third-order valence-corrected chi connectivity index (χ3v) is 2.67. The van der Waals surface area contributed by atoms with Crippen LogP contribution in [0.4, 0.5) is 5.69 Å². The topological polar surface area (TPSA) is 79.2 Å². The third-order valence-electron chi connectivity index (χ3n) is 2.01. The molecule has 0 aliphatic rings. The maximum Gasteiger partial charge on any atom is 0.315 e. The Balaban J connectivity index is 2.77. The Bertz CT molecular complexity index is 509. The predicted octanol–water partition coefficient (Wildman–Crippen LogP) is 2.21. The predicted molar refractivity (Wildman–Crippen MR) is 68.7 cm³/mol. The van der Waals surface area contributed by atoms with E-state index >= 15 is 0 Å². The van der Waals surface area contributed by atoms with Gasteiger partial charge in [-0.3, -0.25) is 9.59 Å². The lowest BCUT2D eigenvalue weighted by Crippen LogP contribution is -2.19. The molecule has 0 heterocycles. The number of hydrogen-bond donors (Lipinski definition) is 1. The van der Waals surface area contributed by atoms with Crippen molar-refractivity contribution in [1.29, 1.82) is 5.26 Å². The quantitative estimate of drug-likeness (QED) is 0.683. The molecule has 6 heteroatoms. The van der Waals surface area contributed by atoms with Gasteiger partial charge in [0.25, 0.3) is 0 Å². The summed E-state index contributed by atoms with van der Waals surface area (Å²) in [5.41, 5.74) is 0.677. The van der Waals surface area contributed by atoms with Gasteiger partial charge in [-0.15, -0.1) is 0 Å². The van der Waals surface area contributed by atoms with Crippen LogP contribution in [0.25, 0.3) is 0 Å². The Labute approximate surface area is 113 Å². The number of nitrogens with zero attached hydrogens (tertiary/aromatic N) is 1. The molecule has 0 aromatic heterocycles. The van der Waals surface area contributed by atoms with Crippen molar-refractivity contribution in [2.75, 3.05) is 11.9 Å². The molecule has 0 spiro atoms. The van der Waals surface area contributed by atoms with E-state index in [1.165, 1.54) is 0 Å². The van der Waals surface area contributed by atoms with Crippen molar-refractivity contribution >= 4 is 33.5 Å². The highest BCUT2D eigenvalue weighted by atomic mass is 79.9. The minimum atomic E-state index is -0.597. The first-order chi connectivity index (χ1) is 8.58. The zero-order valence-corrected chi connectivity index (χ0v) is 11.3. The highest BCUT2D eigenvalue weighted by Crippen LogP contribution is 2.25. The fourth-order valence-electron chi connectivity index (χ4n) is 1.27. The average molecular weight is 311 g/mol. The van der Waals surface area contributed by atoms with Gasteiger partial charge in [-0.25, -0.2) is 0 Å². The van der Waals surface area contributed by atoms with Gasteiger partial charge < -0.3 is 10.1 Å². The molecule has 0 unspecified atom stereocenters. The standard InChI is InChI=1S/C12H11BrN2O3/c1-2-18-11(17)6-10(16)15-12-8(7-14)4-3-5-9(12)13/h3-5H,2,6H2,1H3,(H,15,16). The van der Waals surface area contributed by atoms with Crippen LogP contribution in [0.2, 0.25) is 0 Å². The van der Waals surface area contributed by atoms with E-state index in [-0.39, 0.29) is 13.0 Å². The summed E-state index contributed by atoms with van der Waals surface area (Å²) in [7, 11) is 0. The van der Waals surface area contributed by atoms with Gasteiger partial charge in [-0.1, -0.05) is 6.07 Å². The molecule has 0 radical (unpaired) electrons. The van der Waals surface area contributed by atoms with Gasteiger partial charge in [0.05, 0.1) is 17.9 Å². The minimum absolute atomic E-state index is 0.227. The number of anilines is 1. The number of para-hydroxylation sites is 1. The maximum atomic E-state index is 11.6. The van der Waals surface area contributed by atoms with Crippen LogP contribution in [0.5, 0.6) is 0 Å². The Morgan fingerprint density at radius 3 is 2.83 bits per heavy atom. The van der Waals surface area contributed by atoms with Crippen LogP contribution in [0.1, 0.15) is 18.9 Å². The van der Waals surface area contributed by atoms with Gasteiger partial charge >= 0.3 is 5.97 Å². The molecule has 1 rings (SSSR count). The van der Waals surface area contributed by atoms with Crippen molar-refractivity contribution in [3.05, 3.63) is 28.2 Å². The minimum Gasteiger partial charge on any atom is -0.466 e. The molecule has 18 heavy (non-hydrogen) atoms. The van der Waals surface area contributed by atoms with E-state index in [1.807, 2.05) is 6.07 Å². The van der Waals surface area contributed by atoms with Crippen molar-refractivity contribution in [2.24, 2.45) is 0 Å². The lowest BCUT2D eigenvalue weighted by Gasteiger charge is -2.08. The smallest absolute Gasteiger partial charge is 0.315 e. The summed E-state index contributed by atoms with van der Waals surface area (Å²) in [4.78, 5) is 22.7. The monoisotopic (exact) mass is 310 g/mol. The SMILES string of the molecule is CCOC(=O)CC(=O)Nc1c(Br)cccc1C#N. The molecule has 0 saturated heterocycles. The van der Waals surface area contributed by atoms with Gasteiger partial charge in [0, 0.05) is 4.47 Å². The largest absolute Gasteiger partial charge is 0.466 e. The molecule has 1 aromatic rings. The summed E-state index contributed by atoms with van der Waals surface area (Å²) in [6.45, 7) is 1.89. The first kappa shape index (κ1) is 14.2. The molecule has 1 N–H and O–H groups in total. The number of nitrogens with one attached hydrogen (secondary N) is 1. The highest BCUT2D eigenvalue weighted by molar-refractivity contribution is 9.10. The fraction of sp³-hybridized carbons (Fsp3) is 0.250. The number of halogens is 1. The molecule has 0 saturated carbocycles. The van der Waals surface area contributed by atoms with Crippen LogP contribution in [-0.4, -0.2) is 18.5 Å². The first-order valence-electron chi connectivity index (χ1n) is 5.22. The van der Waals surface area contributed by atoms with Crippen molar-refractivity contribution in [3.63, 3.8) is 0 Å². The number of ether oxygens (including phenoxy) is 1.